The highest BCUT2D eigenvalue weighted by Gasteiger charge is 2.12. The Morgan fingerprint density at radius 3 is 2.67 bits per heavy atom. The predicted molar refractivity (Wildman–Crippen MR) is 67.3 cm³/mol. The highest BCUT2D eigenvalue weighted by molar-refractivity contribution is 5.80. The lowest BCUT2D eigenvalue weighted by molar-refractivity contribution is -0.121. The number of aliphatic hydroxyl groups is 1. The number of aryl methyl sites for hydroxylation is 1. The zero-order valence-electron chi connectivity index (χ0n) is 10.1. The number of imidazole rings is 1. The molecule has 2 N–H and O–H groups in total. The Morgan fingerprint density at radius 1 is 1.33 bits per heavy atom. The Hall–Kier alpha value is -2.08. The number of aromatic nitrogens is 2. The smallest absolute Gasteiger partial charge is 0.329 e. The van der Waals surface area contributed by atoms with Crippen LogP contribution in [-0.2, 0) is 18.4 Å². The Balaban J connectivity index is 2.36. The van der Waals surface area contributed by atoms with E-state index in [1.807, 2.05) is 18.2 Å². The van der Waals surface area contributed by atoms with E-state index in [4.69, 9.17) is 5.11 Å². The van der Waals surface area contributed by atoms with Gasteiger partial charge in [-0.05, 0) is 12.1 Å². The molecule has 1 aromatic heterocycles. The van der Waals surface area contributed by atoms with Crippen molar-refractivity contribution in [2.24, 2.45) is 7.05 Å². The molecule has 0 fully saturated rings. The number of nitrogens with zero attached hydrogens (tertiary/aromatic N) is 2. The number of para-hydroxylation sites is 2. The Labute approximate surface area is 103 Å². The minimum absolute atomic E-state index is 0.0415. The zero-order valence-corrected chi connectivity index (χ0v) is 10.1. The minimum Gasteiger partial charge on any atom is -0.395 e. The molecule has 96 valence electrons. The molecule has 1 heterocycles. The molecule has 0 unspecified atom stereocenters. The standard InChI is InChI=1S/C12H15N3O3/c1-14-9-4-2-3-5-10(9)15(12(14)18)8-11(17)13-6-7-16/h2-5,16H,6-8H2,1H3,(H,13,17). The summed E-state index contributed by atoms with van der Waals surface area (Å²) in [7, 11) is 1.67. The van der Waals surface area contributed by atoms with Gasteiger partial charge >= 0.3 is 5.69 Å². The highest BCUT2D eigenvalue weighted by Crippen LogP contribution is 2.10. The molecule has 1 aromatic carbocycles. The molecular formula is C12H15N3O3. The number of carbonyl (C=O) groups is 1. The fourth-order valence-corrected chi connectivity index (χ4v) is 1.91. The van der Waals surface area contributed by atoms with E-state index in [0.29, 0.717) is 0 Å². The number of aliphatic hydroxyl groups excluding tert-OH is 1. The molecule has 6 nitrogen and oxygen atoms in total. The topological polar surface area (TPSA) is 76.3 Å². The third kappa shape index (κ3) is 2.14. The van der Waals surface area contributed by atoms with Crippen LogP contribution < -0.4 is 11.0 Å². The SMILES string of the molecule is Cn1c(=O)n(CC(=O)NCCO)c2ccccc21. The first-order valence-electron chi connectivity index (χ1n) is 5.67. The molecule has 1 amide bonds. The van der Waals surface area contributed by atoms with Gasteiger partial charge in [-0.3, -0.25) is 13.9 Å². The lowest BCUT2D eigenvalue weighted by atomic mass is 10.3. The summed E-state index contributed by atoms with van der Waals surface area (Å²) in [6, 6.07) is 7.30. The third-order valence-electron chi connectivity index (χ3n) is 2.79. The minimum atomic E-state index is -0.289. The van der Waals surface area contributed by atoms with Crippen molar-refractivity contribution in [2.75, 3.05) is 13.2 Å². The van der Waals surface area contributed by atoms with Crippen molar-refractivity contribution in [3.8, 4) is 0 Å². The van der Waals surface area contributed by atoms with Crippen molar-refractivity contribution in [3.63, 3.8) is 0 Å². The Morgan fingerprint density at radius 2 is 2.00 bits per heavy atom. The summed E-state index contributed by atoms with van der Waals surface area (Å²) in [5, 5.41) is 11.1. The lowest BCUT2D eigenvalue weighted by Gasteiger charge is -2.04. The number of hydrogen-bond donors (Lipinski definition) is 2. The van der Waals surface area contributed by atoms with Gasteiger partial charge < -0.3 is 10.4 Å². The molecule has 0 saturated carbocycles. The van der Waals surface area contributed by atoms with E-state index in [-0.39, 0.29) is 31.3 Å². The maximum atomic E-state index is 12.0. The van der Waals surface area contributed by atoms with Crippen LogP contribution in [0.3, 0.4) is 0 Å². The summed E-state index contributed by atoms with van der Waals surface area (Å²) in [5.74, 6) is -0.289. The van der Waals surface area contributed by atoms with Gasteiger partial charge in [0.1, 0.15) is 6.54 Å². The van der Waals surface area contributed by atoms with Gasteiger partial charge in [0, 0.05) is 13.6 Å². The number of hydrogen-bond acceptors (Lipinski definition) is 3. The monoisotopic (exact) mass is 249 g/mol. The maximum Gasteiger partial charge on any atom is 0.329 e. The van der Waals surface area contributed by atoms with Gasteiger partial charge in [-0.1, -0.05) is 12.1 Å². The van der Waals surface area contributed by atoms with Crippen molar-refractivity contribution in [2.45, 2.75) is 6.54 Å². The van der Waals surface area contributed by atoms with E-state index in [1.165, 1.54) is 9.13 Å². The molecule has 0 saturated heterocycles. The summed E-state index contributed by atoms with van der Waals surface area (Å²) >= 11 is 0. The van der Waals surface area contributed by atoms with Crippen LogP contribution in [0.25, 0.3) is 11.0 Å². The van der Waals surface area contributed by atoms with Crippen molar-refractivity contribution >= 4 is 16.9 Å². The molecule has 2 rings (SSSR count). The molecule has 2 aromatic rings. The Kier molecular flexibility index (Phi) is 3.47. The van der Waals surface area contributed by atoms with Gasteiger partial charge in [0.2, 0.25) is 5.91 Å². The average molecular weight is 249 g/mol. The van der Waals surface area contributed by atoms with Gasteiger partial charge in [-0.15, -0.1) is 0 Å². The quantitative estimate of drug-likeness (QED) is 0.763. The lowest BCUT2D eigenvalue weighted by Crippen LogP contribution is -2.33. The second kappa shape index (κ2) is 5.05. The van der Waals surface area contributed by atoms with E-state index >= 15 is 0 Å². The summed E-state index contributed by atoms with van der Waals surface area (Å²) in [5.41, 5.74) is 1.29. The van der Waals surface area contributed by atoms with Crippen LogP contribution in [-0.4, -0.2) is 33.3 Å². The largest absolute Gasteiger partial charge is 0.395 e. The number of nitrogens with one attached hydrogen (secondary N) is 1. The first-order chi connectivity index (χ1) is 8.65. The summed E-state index contributed by atoms with van der Waals surface area (Å²) in [4.78, 5) is 23.6. The number of fused-ring (bicyclic) bond motifs is 1. The van der Waals surface area contributed by atoms with Crippen molar-refractivity contribution < 1.29 is 9.90 Å². The average Bonchev–Trinajstić information content (AvgIpc) is 2.62. The molecule has 0 bridgehead atoms. The molecule has 0 radical (unpaired) electrons. The van der Waals surface area contributed by atoms with Crippen molar-refractivity contribution in [1.29, 1.82) is 0 Å². The van der Waals surface area contributed by atoms with Crippen LogP contribution in [0.15, 0.2) is 29.1 Å². The molecular weight excluding hydrogens is 234 g/mol. The molecule has 0 aliphatic carbocycles. The first-order valence-corrected chi connectivity index (χ1v) is 5.67. The molecule has 0 aliphatic heterocycles. The van der Waals surface area contributed by atoms with Crippen LogP contribution in [0.5, 0.6) is 0 Å². The second-order valence-electron chi connectivity index (χ2n) is 3.99. The fraction of sp³-hybridized carbons (Fsp3) is 0.333. The zero-order chi connectivity index (χ0) is 13.1. The molecule has 18 heavy (non-hydrogen) atoms. The van der Waals surface area contributed by atoms with E-state index in [9.17, 15) is 9.59 Å². The maximum absolute atomic E-state index is 12.0. The fourth-order valence-electron chi connectivity index (χ4n) is 1.91. The number of rotatable bonds is 4. The molecule has 6 heteroatoms. The summed E-state index contributed by atoms with van der Waals surface area (Å²) in [6.45, 7) is 0.0364. The predicted octanol–water partition coefficient (Wildman–Crippen LogP) is -0.551. The first kappa shape index (κ1) is 12.4. The van der Waals surface area contributed by atoms with Crippen LogP contribution >= 0.6 is 0 Å². The number of carbonyl (C=O) groups excluding carboxylic acids is 1. The summed E-state index contributed by atoms with van der Waals surface area (Å²) in [6.07, 6.45) is 0. The van der Waals surface area contributed by atoms with Gasteiger partial charge in [0.25, 0.3) is 0 Å². The van der Waals surface area contributed by atoms with Crippen LogP contribution in [0.2, 0.25) is 0 Å². The molecule has 0 aliphatic rings. The third-order valence-corrected chi connectivity index (χ3v) is 2.79. The molecule has 0 atom stereocenters. The number of benzene rings is 1. The summed E-state index contributed by atoms with van der Waals surface area (Å²) < 4.78 is 2.93. The highest BCUT2D eigenvalue weighted by atomic mass is 16.3. The Bertz CT molecular complexity index is 627. The van der Waals surface area contributed by atoms with E-state index < -0.39 is 0 Å². The van der Waals surface area contributed by atoms with Gasteiger partial charge in [-0.25, -0.2) is 4.79 Å². The van der Waals surface area contributed by atoms with Gasteiger partial charge in [0.05, 0.1) is 17.6 Å². The van der Waals surface area contributed by atoms with Gasteiger partial charge in [-0.2, -0.15) is 0 Å². The van der Waals surface area contributed by atoms with Crippen LogP contribution in [0.1, 0.15) is 0 Å². The second-order valence-corrected chi connectivity index (χ2v) is 3.99. The van der Waals surface area contributed by atoms with E-state index in [2.05, 4.69) is 5.32 Å². The normalized spacial score (nSPS) is 10.8. The molecule has 0 spiro atoms. The van der Waals surface area contributed by atoms with Gasteiger partial charge in [0.15, 0.2) is 0 Å². The number of amides is 1. The van der Waals surface area contributed by atoms with Crippen LogP contribution in [0.4, 0.5) is 0 Å². The van der Waals surface area contributed by atoms with Crippen molar-refractivity contribution in [1.82, 2.24) is 14.5 Å². The van der Waals surface area contributed by atoms with E-state index in [0.717, 1.165) is 11.0 Å². The van der Waals surface area contributed by atoms with E-state index in [1.54, 1.807) is 13.1 Å². The van der Waals surface area contributed by atoms with Crippen LogP contribution in [0, 0.1) is 0 Å². The van der Waals surface area contributed by atoms with Crippen molar-refractivity contribution in [3.05, 3.63) is 34.7 Å².